The fourth-order valence-electron chi connectivity index (χ4n) is 3.11. The van der Waals surface area contributed by atoms with Gasteiger partial charge >= 0.3 is 0 Å². The number of hydrogen-bond acceptors (Lipinski definition) is 8. The number of nitrogens with one attached hydrogen (secondary N) is 1. The first kappa shape index (κ1) is 19.5. The number of aromatic nitrogens is 3. The van der Waals surface area contributed by atoms with E-state index in [0.717, 1.165) is 11.3 Å². The van der Waals surface area contributed by atoms with Gasteiger partial charge in [0.1, 0.15) is 12.1 Å². The minimum absolute atomic E-state index is 0.367. The van der Waals surface area contributed by atoms with E-state index in [0.29, 0.717) is 53.0 Å². The lowest BCUT2D eigenvalue weighted by Crippen LogP contribution is -2.09. The fraction of sp³-hybridized carbons (Fsp3) is 0.227. The maximum atomic E-state index is 6.12. The van der Waals surface area contributed by atoms with Gasteiger partial charge in [0.05, 0.1) is 25.4 Å². The maximum Gasteiger partial charge on any atom is 0.226 e. The van der Waals surface area contributed by atoms with Crippen LogP contribution < -0.4 is 20.5 Å². The molecule has 4 rings (SSSR count). The van der Waals surface area contributed by atoms with Crippen molar-refractivity contribution in [2.45, 2.75) is 13.3 Å². The minimum Gasteiger partial charge on any atom is -0.493 e. The van der Waals surface area contributed by atoms with E-state index in [-0.39, 0.29) is 0 Å². The molecule has 30 heavy (non-hydrogen) atoms. The van der Waals surface area contributed by atoms with Crippen molar-refractivity contribution in [3.8, 4) is 23.0 Å². The van der Waals surface area contributed by atoms with Gasteiger partial charge in [-0.3, -0.25) is 0 Å². The van der Waals surface area contributed by atoms with Crippen LogP contribution in [-0.4, -0.2) is 35.7 Å². The van der Waals surface area contributed by atoms with E-state index >= 15 is 0 Å². The molecule has 0 aliphatic rings. The normalized spacial score (nSPS) is 10.9. The SMILES string of the molecule is COc1cc2nc(NCCc3coc(-c4ccc(C)cc4)n3)nc(N)c2cc1OC. The molecule has 0 spiro atoms. The molecule has 154 valence electrons. The summed E-state index contributed by atoms with van der Waals surface area (Å²) in [6.07, 6.45) is 2.33. The van der Waals surface area contributed by atoms with Crippen LogP contribution in [0.3, 0.4) is 0 Å². The Balaban J connectivity index is 1.45. The molecule has 3 N–H and O–H groups in total. The molecule has 0 atom stereocenters. The molecule has 8 heteroatoms. The summed E-state index contributed by atoms with van der Waals surface area (Å²) >= 11 is 0. The van der Waals surface area contributed by atoms with Gasteiger partial charge < -0.3 is 24.9 Å². The van der Waals surface area contributed by atoms with Crippen LogP contribution in [-0.2, 0) is 6.42 Å². The van der Waals surface area contributed by atoms with Crippen LogP contribution in [0.5, 0.6) is 11.5 Å². The van der Waals surface area contributed by atoms with Crippen LogP contribution in [0.25, 0.3) is 22.4 Å². The zero-order chi connectivity index (χ0) is 21.1. The van der Waals surface area contributed by atoms with Gasteiger partial charge in [0, 0.05) is 30.0 Å². The second-order valence-electron chi connectivity index (χ2n) is 6.84. The number of benzene rings is 2. The van der Waals surface area contributed by atoms with E-state index in [1.165, 1.54) is 5.56 Å². The molecule has 0 fully saturated rings. The molecule has 8 nitrogen and oxygen atoms in total. The molecule has 0 saturated carbocycles. The van der Waals surface area contributed by atoms with E-state index < -0.39 is 0 Å². The van der Waals surface area contributed by atoms with Crippen molar-refractivity contribution in [1.29, 1.82) is 0 Å². The van der Waals surface area contributed by atoms with Gasteiger partial charge in [-0.05, 0) is 25.1 Å². The molecular formula is C22H23N5O3. The Morgan fingerprint density at radius 3 is 2.47 bits per heavy atom. The van der Waals surface area contributed by atoms with Gasteiger partial charge in [0.25, 0.3) is 0 Å². The lowest BCUT2D eigenvalue weighted by Gasteiger charge is -2.11. The van der Waals surface area contributed by atoms with Gasteiger partial charge in [-0.25, -0.2) is 9.97 Å². The number of ether oxygens (including phenoxy) is 2. The summed E-state index contributed by atoms with van der Waals surface area (Å²) in [5.41, 5.74) is 9.78. The number of rotatable bonds is 7. The van der Waals surface area contributed by atoms with Gasteiger partial charge in [-0.2, -0.15) is 4.98 Å². The highest BCUT2D eigenvalue weighted by Gasteiger charge is 2.12. The van der Waals surface area contributed by atoms with Crippen LogP contribution in [0.2, 0.25) is 0 Å². The Labute approximate surface area is 174 Å². The molecule has 4 aromatic rings. The summed E-state index contributed by atoms with van der Waals surface area (Å²) in [7, 11) is 3.15. The summed E-state index contributed by atoms with van der Waals surface area (Å²) in [5, 5.41) is 3.90. The topological polar surface area (TPSA) is 108 Å². The lowest BCUT2D eigenvalue weighted by molar-refractivity contribution is 0.356. The Kier molecular flexibility index (Phi) is 5.38. The van der Waals surface area contributed by atoms with Gasteiger partial charge in [0.2, 0.25) is 11.8 Å². The van der Waals surface area contributed by atoms with E-state index in [2.05, 4.69) is 20.3 Å². The molecule has 0 bridgehead atoms. The molecule has 0 aliphatic heterocycles. The predicted molar refractivity (Wildman–Crippen MR) is 116 cm³/mol. The third kappa shape index (κ3) is 3.98. The standard InChI is InChI=1S/C22H23N5O3/c1-13-4-6-14(7-5-13)21-25-15(12-30-21)8-9-24-22-26-17-11-19(29-3)18(28-2)10-16(17)20(23)27-22/h4-7,10-12H,8-9H2,1-3H3,(H3,23,24,26,27). The van der Waals surface area contributed by atoms with Crippen molar-refractivity contribution in [3.63, 3.8) is 0 Å². The molecule has 0 saturated heterocycles. The van der Waals surface area contributed by atoms with Crippen LogP contribution in [0.1, 0.15) is 11.3 Å². The summed E-state index contributed by atoms with van der Waals surface area (Å²) in [4.78, 5) is 13.4. The number of aryl methyl sites for hydroxylation is 1. The van der Waals surface area contributed by atoms with Crippen molar-refractivity contribution in [2.75, 3.05) is 31.8 Å². The molecule has 0 amide bonds. The van der Waals surface area contributed by atoms with Crippen LogP contribution in [0, 0.1) is 6.92 Å². The zero-order valence-electron chi connectivity index (χ0n) is 17.1. The fourth-order valence-corrected chi connectivity index (χ4v) is 3.11. The number of fused-ring (bicyclic) bond motifs is 1. The average Bonchev–Trinajstić information content (AvgIpc) is 3.22. The minimum atomic E-state index is 0.367. The number of hydrogen-bond donors (Lipinski definition) is 2. The summed E-state index contributed by atoms with van der Waals surface area (Å²) in [6.45, 7) is 2.63. The smallest absolute Gasteiger partial charge is 0.226 e. The summed E-state index contributed by atoms with van der Waals surface area (Å²) in [6, 6.07) is 11.6. The molecule has 2 heterocycles. The van der Waals surface area contributed by atoms with Crippen molar-refractivity contribution in [2.24, 2.45) is 0 Å². The van der Waals surface area contributed by atoms with E-state index in [1.807, 2.05) is 31.2 Å². The molecule has 2 aromatic heterocycles. The highest BCUT2D eigenvalue weighted by Crippen LogP contribution is 2.33. The largest absolute Gasteiger partial charge is 0.493 e. The highest BCUT2D eigenvalue weighted by atomic mass is 16.5. The predicted octanol–water partition coefficient (Wildman–Crippen LogP) is 3.85. The summed E-state index contributed by atoms with van der Waals surface area (Å²) < 4.78 is 16.3. The van der Waals surface area contributed by atoms with Crippen LogP contribution in [0.4, 0.5) is 11.8 Å². The second kappa shape index (κ2) is 8.28. The molecule has 0 unspecified atom stereocenters. The quantitative estimate of drug-likeness (QED) is 0.477. The van der Waals surface area contributed by atoms with Gasteiger partial charge in [0.15, 0.2) is 11.5 Å². The van der Waals surface area contributed by atoms with Crippen molar-refractivity contribution >= 4 is 22.7 Å². The van der Waals surface area contributed by atoms with Gasteiger partial charge in [-0.1, -0.05) is 17.7 Å². The van der Waals surface area contributed by atoms with Gasteiger partial charge in [-0.15, -0.1) is 0 Å². The Hall–Kier alpha value is -3.81. The number of oxazole rings is 1. The molecule has 2 aromatic carbocycles. The Bertz CT molecular complexity index is 1170. The third-order valence-corrected chi connectivity index (χ3v) is 4.75. The number of methoxy groups -OCH3 is 2. The molecule has 0 aliphatic carbocycles. The monoisotopic (exact) mass is 405 g/mol. The first-order chi connectivity index (χ1) is 14.6. The number of nitrogens with two attached hydrogens (primary N) is 1. The van der Waals surface area contributed by atoms with Crippen LogP contribution in [0.15, 0.2) is 47.1 Å². The Morgan fingerprint density at radius 2 is 1.73 bits per heavy atom. The highest BCUT2D eigenvalue weighted by molar-refractivity contribution is 5.91. The first-order valence-electron chi connectivity index (χ1n) is 9.52. The van der Waals surface area contributed by atoms with Crippen molar-refractivity contribution in [3.05, 3.63) is 53.9 Å². The molecule has 0 radical (unpaired) electrons. The van der Waals surface area contributed by atoms with E-state index in [9.17, 15) is 0 Å². The maximum absolute atomic E-state index is 6.12. The Morgan fingerprint density at radius 1 is 1.00 bits per heavy atom. The van der Waals surface area contributed by atoms with Crippen molar-refractivity contribution in [1.82, 2.24) is 15.0 Å². The lowest BCUT2D eigenvalue weighted by atomic mass is 10.1. The molecular weight excluding hydrogens is 382 g/mol. The average molecular weight is 405 g/mol. The number of nitrogen functional groups attached to an aromatic ring is 1. The third-order valence-electron chi connectivity index (χ3n) is 4.75. The first-order valence-corrected chi connectivity index (χ1v) is 9.52. The zero-order valence-corrected chi connectivity index (χ0v) is 17.1. The van der Waals surface area contributed by atoms with Crippen molar-refractivity contribution < 1.29 is 13.9 Å². The van der Waals surface area contributed by atoms with Crippen LogP contribution >= 0.6 is 0 Å². The van der Waals surface area contributed by atoms with E-state index in [1.54, 1.807) is 32.6 Å². The second-order valence-corrected chi connectivity index (χ2v) is 6.84. The summed E-state index contributed by atoms with van der Waals surface area (Å²) in [5.74, 6) is 2.58. The van der Waals surface area contributed by atoms with E-state index in [4.69, 9.17) is 19.6 Å². The number of anilines is 2. The number of nitrogens with zero attached hydrogens (tertiary/aromatic N) is 3.